The molecule has 2 aromatic heterocycles. The Bertz CT molecular complexity index is 785. The van der Waals surface area contributed by atoms with E-state index in [0.29, 0.717) is 4.77 Å². The normalized spacial score (nSPS) is 10.8. The minimum atomic E-state index is 0.678. The topological polar surface area (TPSA) is 36.9 Å². The molecule has 0 radical (unpaired) electrons. The van der Waals surface area contributed by atoms with Crippen LogP contribution in [0.5, 0.6) is 0 Å². The second kappa shape index (κ2) is 4.51. The van der Waals surface area contributed by atoms with Crippen molar-refractivity contribution in [2.24, 2.45) is 0 Å². The zero-order chi connectivity index (χ0) is 13.4. The van der Waals surface area contributed by atoms with Crippen molar-refractivity contribution in [2.75, 3.05) is 19.0 Å². The fourth-order valence-electron chi connectivity index (χ4n) is 2.23. The maximum absolute atomic E-state index is 5.44. The largest absolute Gasteiger partial charge is 0.376 e. The lowest BCUT2D eigenvalue weighted by Crippen LogP contribution is -2.12. The number of nitrogens with one attached hydrogen (secondary N) is 1. The molecule has 1 N–H and O–H groups in total. The Balaban J connectivity index is 2.37. The van der Waals surface area contributed by atoms with Crippen LogP contribution in [0.3, 0.4) is 0 Å². The first kappa shape index (κ1) is 11.9. The van der Waals surface area contributed by atoms with Crippen LogP contribution in [0.4, 0.5) is 5.69 Å². The first-order valence-corrected chi connectivity index (χ1v) is 6.41. The highest BCUT2D eigenvalue weighted by molar-refractivity contribution is 7.71. The predicted molar refractivity (Wildman–Crippen MR) is 80.6 cm³/mol. The molecule has 5 heteroatoms. The number of imidazole rings is 1. The van der Waals surface area contributed by atoms with E-state index in [0.717, 1.165) is 22.4 Å². The van der Waals surface area contributed by atoms with Gasteiger partial charge in [0.15, 0.2) is 4.77 Å². The zero-order valence-electron chi connectivity index (χ0n) is 10.8. The number of aromatic nitrogens is 3. The van der Waals surface area contributed by atoms with Crippen LogP contribution in [0.2, 0.25) is 0 Å². The predicted octanol–water partition coefficient (Wildman–Crippen LogP) is 3.15. The molecule has 0 aliphatic rings. The summed E-state index contributed by atoms with van der Waals surface area (Å²) in [4.78, 5) is 9.39. The molecule has 2 heterocycles. The van der Waals surface area contributed by atoms with E-state index in [1.807, 2.05) is 36.9 Å². The van der Waals surface area contributed by atoms with Crippen LogP contribution in [-0.4, -0.2) is 28.6 Å². The first-order chi connectivity index (χ1) is 9.18. The first-order valence-electron chi connectivity index (χ1n) is 6.00. The van der Waals surface area contributed by atoms with Gasteiger partial charge >= 0.3 is 0 Å². The van der Waals surface area contributed by atoms with Crippen molar-refractivity contribution in [2.45, 2.75) is 0 Å². The van der Waals surface area contributed by atoms with E-state index >= 15 is 0 Å². The van der Waals surface area contributed by atoms with Crippen LogP contribution in [-0.2, 0) is 0 Å². The maximum Gasteiger partial charge on any atom is 0.182 e. The van der Waals surface area contributed by atoms with E-state index in [2.05, 4.69) is 27.0 Å². The van der Waals surface area contributed by atoms with Gasteiger partial charge < -0.3 is 9.88 Å². The lowest BCUT2D eigenvalue weighted by molar-refractivity contribution is 1.03. The van der Waals surface area contributed by atoms with Crippen molar-refractivity contribution in [3.05, 3.63) is 47.5 Å². The van der Waals surface area contributed by atoms with Crippen molar-refractivity contribution in [3.63, 3.8) is 0 Å². The Morgan fingerprint density at radius 3 is 2.79 bits per heavy atom. The number of benzene rings is 1. The van der Waals surface area contributed by atoms with Gasteiger partial charge in [-0.3, -0.25) is 9.55 Å². The number of para-hydroxylation sites is 2. The molecular formula is C14H14N4S. The molecule has 1 aromatic carbocycles. The summed E-state index contributed by atoms with van der Waals surface area (Å²) < 4.78 is 2.72. The third-order valence-electron chi connectivity index (χ3n) is 3.09. The van der Waals surface area contributed by atoms with Gasteiger partial charge in [0.05, 0.1) is 28.6 Å². The summed E-state index contributed by atoms with van der Waals surface area (Å²) in [5, 5.41) is 0. The lowest BCUT2D eigenvalue weighted by atomic mass is 10.2. The van der Waals surface area contributed by atoms with Crippen molar-refractivity contribution in [1.82, 2.24) is 14.5 Å². The number of hydrogen-bond donors (Lipinski definition) is 1. The van der Waals surface area contributed by atoms with Crippen molar-refractivity contribution in [3.8, 4) is 5.69 Å². The highest BCUT2D eigenvalue weighted by Crippen LogP contribution is 2.26. The van der Waals surface area contributed by atoms with Crippen LogP contribution in [0, 0.1) is 4.77 Å². The number of nitrogens with zero attached hydrogens (tertiary/aromatic N) is 3. The third-order valence-corrected chi connectivity index (χ3v) is 3.37. The number of aromatic amines is 1. The van der Waals surface area contributed by atoms with E-state index in [1.165, 1.54) is 0 Å². The summed E-state index contributed by atoms with van der Waals surface area (Å²) in [5.74, 6) is 0. The van der Waals surface area contributed by atoms with Gasteiger partial charge in [0, 0.05) is 20.3 Å². The molecule has 3 rings (SSSR count). The van der Waals surface area contributed by atoms with Crippen molar-refractivity contribution >= 4 is 28.9 Å². The molecule has 0 amide bonds. The van der Waals surface area contributed by atoms with Gasteiger partial charge in [-0.1, -0.05) is 12.1 Å². The molecule has 4 nitrogen and oxygen atoms in total. The van der Waals surface area contributed by atoms with Crippen LogP contribution < -0.4 is 4.90 Å². The molecule has 19 heavy (non-hydrogen) atoms. The molecule has 96 valence electrons. The van der Waals surface area contributed by atoms with E-state index in [-0.39, 0.29) is 0 Å². The van der Waals surface area contributed by atoms with Gasteiger partial charge in [-0.05, 0) is 30.4 Å². The smallest absolute Gasteiger partial charge is 0.182 e. The molecule has 0 bridgehead atoms. The number of H-pyrrole nitrogens is 1. The Kier molecular flexibility index (Phi) is 2.83. The average molecular weight is 270 g/mol. The Labute approximate surface area is 116 Å². The van der Waals surface area contributed by atoms with Crippen LogP contribution >= 0.6 is 12.2 Å². The van der Waals surface area contributed by atoms with E-state index < -0.39 is 0 Å². The summed E-state index contributed by atoms with van der Waals surface area (Å²) in [7, 11) is 4.05. The SMILES string of the molecule is CN(C)c1ccccc1-n1c(=S)[nH]c2cnccc21. The second-order valence-electron chi connectivity index (χ2n) is 4.54. The summed E-state index contributed by atoms with van der Waals surface area (Å²) in [6.45, 7) is 0. The van der Waals surface area contributed by atoms with E-state index in [9.17, 15) is 0 Å². The Morgan fingerprint density at radius 2 is 2.00 bits per heavy atom. The number of rotatable bonds is 2. The van der Waals surface area contributed by atoms with Gasteiger partial charge in [0.1, 0.15) is 0 Å². The van der Waals surface area contributed by atoms with Crippen molar-refractivity contribution < 1.29 is 0 Å². The van der Waals surface area contributed by atoms with Gasteiger partial charge in [0.2, 0.25) is 0 Å². The quantitative estimate of drug-likeness (QED) is 0.727. The summed E-state index contributed by atoms with van der Waals surface area (Å²) >= 11 is 5.44. The van der Waals surface area contributed by atoms with Crippen LogP contribution in [0.1, 0.15) is 0 Å². The van der Waals surface area contributed by atoms with Gasteiger partial charge in [0.25, 0.3) is 0 Å². The molecular weight excluding hydrogens is 256 g/mol. The maximum atomic E-state index is 5.44. The Morgan fingerprint density at radius 1 is 1.21 bits per heavy atom. The number of pyridine rings is 1. The molecule has 0 aliphatic carbocycles. The zero-order valence-corrected chi connectivity index (χ0v) is 11.6. The summed E-state index contributed by atoms with van der Waals surface area (Å²) in [6.07, 6.45) is 3.57. The van der Waals surface area contributed by atoms with E-state index in [4.69, 9.17) is 12.2 Å². The average Bonchev–Trinajstić information content (AvgIpc) is 2.74. The lowest BCUT2D eigenvalue weighted by Gasteiger charge is -2.18. The second-order valence-corrected chi connectivity index (χ2v) is 4.93. The molecule has 0 unspecified atom stereocenters. The molecule has 0 saturated carbocycles. The monoisotopic (exact) mass is 270 g/mol. The summed E-state index contributed by atoms with van der Waals surface area (Å²) in [6, 6.07) is 10.2. The highest BCUT2D eigenvalue weighted by atomic mass is 32.1. The molecule has 0 fully saturated rings. The van der Waals surface area contributed by atoms with Crippen LogP contribution in [0.15, 0.2) is 42.7 Å². The minimum absolute atomic E-state index is 0.678. The number of anilines is 1. The summed E-state index contributed by atoms with van der Waals surface area (Å²) in [5.41, 5.74) is 4.17. The fourth-order valence-corrected chi connectivity index (χ4v) is 2.54. The standard InChI is InChI=1S/C14H14N4S/c1-17(2)12-5-3-4-6-13(12)18-11-7-8-15-9-10(11)16-14(18)19/h3-9H,1-2H3,(H,16,19). The molecule has 0 spiro atoms. The number of fused-ring (bicyclic) bond motifs is 1. The molecule has 0 atom stereocenters. The van der Waals surface area contributed by atoms with Crippen LogP contribution in [0.25, 0.3) is 16.7 Å². The molecule has 0 aliphatic heterocycles. The Hall–Kier alpha value is -2.14. The minimum Gasteiger partial charge on any atom is -0.376 e. The highest BCUT2D eigenvalue weighted by Gasteiger charge is 2.10. The van der Waals surface area contributed by atoms with Crippen molar-refractivity contribution in [1.29, 1.82) is 0 Å². The van der Waals surface area contributed by atoms with Gasteiger partial charge in [-0.15, -0.1) is 0 Å². The third kappa shape index (κ3) is 1.92. The fraction of sp³-hybridized carbons (Fsp3) is 0.143. The molecule has 3 aromatic rings. The van der Waals surface area contributed by atoms with Gasteiger partial charge in [-0.2, -0.15) is 0 Å². The van der Waals surface area contributed by atoms with Gasteiger partial charge in [-0.25, -0.2) is 0 Å². The van der Waals surface area contributed by atoms with E-state index in [1.54, 1.807) is 12.4 Å². The number of hydrogen-bond acceptors (Lipinski definition) is 3. The molecule has 0 saturated heterocycles.